The van der Waals surface area contributed by atoms with E-state index in [4.69, 9.17) is 4.74 Å². The van der Waals surface area contributed by atoms with E-state index in [0.29, 0.717) is 11.6 Å². The zero-order valence-corrected chi connectivity index (χ0v) is 11.2. The molecule has 0 bridgehead atoms. The normalized spacial score (nSPS) is 16.0. The first kappa shape index (κ1) is 12.5. The van der Waals surface area contributed by atoms with Gasteiger partial charge in [0.25, 0.3) is 5.56 Å². The van der Waals surface area contributed by atoms with Crippen LogP contribution >= 0.6 is 0 Å². The van der Waals surface area contributed by atoms with Crippen LogP contribution < -0.4 is 10.3 Å². The molecular formula is C15H14N2O3. The summed E-state index contributed by atoms with van der Waals surface area (Å²) >= 11 is 0. The maximum atomic E-state index is 12.1. The van der Waals surface area contributed by atoms with Crippen molar-refractivity contribution < 1.29 is 9.84 Å². The van der Waals surface area contributed by atoms with E-state index >= 15 is 0 Å². The van der Waals surface area contributed by atoms with Crippen LogP contribution in [0.15, 0.2) is 47.5 Å². The van der Waals surface area contributed by atoms with Crippen molar-refractivity contribution in [1.82, 2.24) is 9.55 Å². The van der Waals surface area contributed by atoms with E-state index in [-0.39, 0.29) is 5.75 Å². The largest absolute Gasteiger partial charge is 0.503 e. The predicted molar refractivity (Wildman–Crippen MR) is 74.7 cm³/mol. The van der Waals surface area contributed by atoms with Crippen molar-refractivity contribution >= 4 is 5.70 Å². The van der Waals surface area contributed by atoms with Crippen LogP contribution in [0.2, 0.25) is 0 Å². The molecule has 0 atom stereocenters. The van der Waals surface area contributed by atoms with Crippen molar-refractivity contribution in [3.8, 4) is 11.6 Å². The van der Waals surface area contributed by atoms with E-state index in [0.717, 1.165) is 5.56 Å². The Bertz CT molecular complexity index is 760. The lowest BCUT2D eigenvalue weighted by molar-refractivity contribution is 0.149. The number of nitrogens with zero attached hydrogens (tertiary/aromatic N) is 2. The molecule has 3 rings (SSSR count). The molecular weight excluding hydrogens is 256 g/mol. The standard InChI is InChI=1S/C15H14N2O3/c1-15(2)9-11(10-5-3-7-16-13(10)20-15)17-8-4-6-12(18)14(17)19/h3-9,18H,1-2H3. The maximum Gasteiger partial charge on any atom is 0.297 e. The van der Waals surface area contributed by atoms with Gasteiger partial charge in [0.15, 0.2) is 5.75 Å². The Balaban J connectivity index is 2.28. The molecule has 0 fully saturated rings. The van der Waals surface area contributed by atoms with Gasteiger partial charge in [-0.3, -0.25) is 9.36 Å². The number of hydrogen-bond donors (Lipinski definition) is 1. The number of aromatic nitrogens is 2. The molecule has 0 saturated carbocycles. The van der Waals surface area contributed by atoms with Crippen LogP contribution in [0.3, 0.4) is 0 Å². The van der Waals surface area contributed by atoms with Crippen LogP contribution in [0.5, 0.6) is 11.6 Å². The highest BCUT2D eigenvalue weighted by molar-refractivity contribution is 5.72. The van der Waals surface area contributed by atoms with Gasteiger partial charge in [-0.25, -0.2) is 4.98 Å². The van der Waals surface area contributed by atoms with Crippen LogP contribution in [0.25, 0.3) is 5.70 Å². The van der Waals surface area contributed by atoms with Crippen LogP contribution in [0.1, 0.15) is 19.4 Å². The quantitative estimate of drug-likeness (QED) is 0.861. The molecule has 20 heavy (non-hydrogen) atoms. The summed E-state index contributed by atoms with van der Waals surface area (Å²) in [6.07, 6.45) is 5.10. The summed E-state index contributed by atoms with van der Waals surface area (Å²) in [5.41, 5.74) is 0.331. The van der Waals surface area contributed by atoms with Gasteiger partial charge < -0.3 is 9.84 Å². The topological polar surface area (TPSA) is 64.4 Å². The molecule has 5 heteroatoms. The number of ether oxygens (including phenoxy) is 1. The fourth-order valence-electron chi connectivity index (χ4n) is 2.22. The number of rotatable bonds is 1. The van der Waals surface area contributed by atoms with Crippen LogP contribution in [0, 0.1) is 0 Å². The average Bonchev–Trinajstić information content (AvgIpc) is 2.40. The summed E-state index contributed by atoms with van der Waals surface area (Å²) in [5.74, 6) is 0.188. The predicted octanol–water partition coefficient (Wildman–Crippen LogP) is 2.01. The molecule has 0 unspecified atom stereocenters. The zero-order valence-electron chi connectivity index (χ0n) is 11.2. The minimum absolute atomic E-state index is 0.289. The first-order chi connectivity index (χ1) is 9.48. The summed E-state index contributed by atoms with van der Waals surface area (Å²) in [6.45, 7) is 3.77. The van der Waals surface area contributed by atoms with E-state index in [9.17, 15) is 9.90 Å². The van der Waals surface area contributed by atoms with Gasteiger partial charge in [-0.05, 0) is 44.2 Å². The third-order valence-corrected chi connectivity index (χ3v) is 3.08. The molecule has 0 aliphatic carbocycles. The highest BCUT2D eigenvalue weighted by Crippen LogP contribution is 2.34. The van der Waals surface area contributed by atoms with Crippen LogP contribution in [-0.2, 0) is 0 Å². The number of hydrogen-bond acceptors (Lipinski definition) is 4. The summed E-state index contributed by atoms with van der Waals surface area (Å²) < 4.78 is 7.18. The molecule has 0 saturated heterocycles. The lowest BCUT2D eigenvalue weighted by Crippen LogP contribution is -2.32. The highest BCUT2D eigenvalue weighted by Gasteiger charge is 2.28. The Morgan fingerprint density at radius 1 is 1.30 bits per heavy atom. The van der Waals surface area contributed by atoms with Crippen LogP contribution in [0.4, 0.5) is 0 Å². The monoisotopic (exact) mass is 270 g/mol. The molecule has 1 N–H and O–H groups in total. The molecule has 2 aromatic heterocycles. The van der Waals surface area contributed by atoms with Gasteiger partial charge in [-0.1, -0.05) is 0 Å². The van der Waals surface area contributed by atoms with Crippen molar-refractivity contribution in [2.24, 2.45) is 0 Å². The first-order valence-electron chi connectivity index (χ1n) is 6.26. The minimum atomic E-state index is -0.582. The molecule has 102 valence electrons. The summed E-state index contributed by atoms with van der Waals surface area (Å²) in [7, 11) is 0. The van der Waals surface area contributed by atoms with Gasteiger partial charge >= 0.3 is 0 Å². The molecule has 1 aliphatic rings. The van der Waals surface area contributed by atoms with Gasteiger partial charge in [0.1, 0.15) is 5.60 Å². The second kappa shape index (κ2) is 4.23. The molecule has 0 spiro atoms. The minimum Gasteiger partial charge on any atom is -0.503 e. The Kier molecular flexibility index (Phi) is 2.64. The molecule has 0 aromatic carbocycles. The Hall–Kier alpha value is -2.56. The van der Waals surface area contributed by atoms with Crippen molar-refractivity contribution in [2.75, 3.05) is 0 Å². The third-order valence-electron chi connectivity index (χ3n) is 3.08. The van der Waals surface area contributed by atoms with E-state index in [2.05, 4.69) is 4.98 Å². The summed E-state index contributed by atoms with van der Waals surface area (Å²) in [5, 5.41) is 9.60. The fourth-order valence-corrected chi connectivity index (χ4v) is 2.22. The van der Waals surface area contributed by atoms with Crippen molar-refractivity contribution in [2.45, 2.75) is 19.4 Å². The molecule has 1 aliphatic heterocycles. The summed E-state index contributed by atoms with van der Waals surface area (Å²) in [6, 6.07) is 6.60. The average molecular weight is 270 g/mol. The zero-order chi connectivity index (χ0) is 14.3. The SMILES string of the molecule is CC1(C)C=C(n2cccc(O)c2=O)c2cccnc2O1. The van der Waals surface area contributed by atoms with E-state index in [1.807, 2.05) is 26.0 Å². The summed E-state index contributed by atoms with van der Waals surface area (Å²) in [4.78, 5) is 16.3. The first-order valence-corrected chi connectivity index (χ1v) is 6.26. The van der Waals surface area contributed by atoms with Gasteiger partial charge in [0, 0.05) is 12.4 Å². The number of fused-ring (bicyclic) bond motifs is 1. The molecule has 0 amide bonds. The van der Waals surface area contributed by atoms with Gasteiger partial charge in [-0.2, -0.15) is 0 Å². The molecule has 0 radical (unpaired) electrons. The van der Waals surface area contributed by atoms with Gasteiger partial charge in [0.2, 0.25) is 5.88 Å². The Morgan fingerprint density at radius 3 is 2.90 bits per heavy atom. The Labute approximate surface area is 115 Å². The van der Waals surface area contributed by atoms with Gasteiger partial charge in [-0.15, -0.1) is 0 Å². The lowest BCUT2D eigenvalue weighted by atomic mass is 10.0. The highest BCUT2D eigenvalue weighted by atomic mass is 16.5. The smallest absolute Gasteiger partial charge is 0.297 e. The molecule has 3 heterocycles. The molecule has 5 nitrogen and oxygen atoms in total. The number of aromatic hydroxyl groups is 1. The second-order valence-corrected chi connectivity index (χ2v) is 5.16. The van der Waals surface area contributed by atoms with E-state index in [1.165, 1.54) is 10.6 Å². The number of pyridine rings is 2. The molecule has 2 aromatic rings. The maximum absolute atomic E-state index is 12.1. The van der Waals surface area contributed by atoms with Crippen molar-refractivity contribution in [3.05, 3.63) is 58.7 Å². The van der Waals surface area contributed by atoms with Crippen molar-refractivity contribution in [1.29, 1.82) is 0 Å². The van der Waals surface area contributed by atoms with Gasteiger partial charge in [0.05, 0.1) is 11.3 Å². The second-order valence-electron chi connectivity index (χ2n) is 5.16. The van der Waals surface area contributed by atoms with E-state index < -0.39 is 11.2 Å². The van der Waals surface area contributed by atoms with Crippen LogP contribution in [-0.4, -0.2) is 20.3 Å². The van der Waals surface area contributed by atoms with E-state index in [1.54, 1.807) is 24.5 Å². The lowest BCUT2D eigenvalue weighted by Gasteiger charge is -2.30. The Morgan fingerprint density at radius 2 is 2.10 bits per heavy atom. The van der Waals surface area contributed by atoms with Crippen molar-refractivity contribution in [3.63, 3.8) is 0 Å². The fraction of sp³-hybridized carbons (Fsp3) is 0.200. The third kappa shape index (κ3) is 1.97.